The SMILES string of the molecule is CCCOc1ccc(N2C(=O)[C@@H]3C4c5ccccc5C(/C=N\NC(=O)c5ccncc5)(c5ccccc54)[C@H]3C2=O)cc1. The lowest BCUT2D eigenvalue weighted by Crippen LogP contribution is -2.54. The topological polar surface area (TPSA) is 101 Å². The molecule has 8 heteroatoms. The van der Waals surface area contributed by atoms with E-state index in [-0.39, 0.29) is 17.7 Å². The molecule has 8 rings (SSSR count). The standard InChI is InChI=1S/C34H28N4O4/c1-2-19-42-23-13-11-22(12-14-23)38-32(40)29-28-24-7-3-5-9-26(24)34(30(29)33(38)41,27-10-6-4-8-25(27)28)20-36-37-31(39)21-15-17-35-18-16-21/h3-18,20,28-30H,2,19H2,1H3,(H,37,39)/b36-20-/t28?,29-,30-,34?/m1/s1. The summed E-state index contributed by atoms with van der Waals surface area (Å²) >= 11 is 0. The Bertz CT molecular complexity index is 1690. The van der Waals surface area contributed by atoms with Crippen LogP contribution in [0.4, 0.5) is 5.69 Å². The molecule has 2 atom stereocenters. The number of nitrogens with zero attached hydrogens (tertiary/aromatic N) is 3. The van der Waals surface area contributed by atoms with Crippen LogP contribution in [-0.2, 0) is 15.0 Å². The maximum Gasteiger partial charge on any atom is 0.271 e. The van der Waals surface area contributed by atoms with E-state index in [4.69, 9.17) is 4.74 Å². The Morgan fingerprint density at radius 2 is 1.57 bits per heavy atom. The van der Waals surface area contributed by atoms with Gasteiger partial charge in [-0.25, -0.2) is 10.3 Å². The summed E-state index contributed by atoms with van der Waals surface area (Å²) in [6.45, 7) is 2.62. The number of carbonyl (C=O) groups is 3. The van der Waals surface area contributed by atoms with Crippen molar-refractivity contribution < 1.29 is 19.1 Å². The molecule has 3 amide bonds. The first-order valence-corrected chi connectivity index (χ1v) is 14.1. The van der Waals surface area contributed by atoms with Gasteiger partial charge in [0, 0.05) is 30.1 Å². The minimum Gasteiger partial charge on any atom is -0.494 e. The van der Waals surface area contributed by atoms with Crippen molar-refractivity contribution >= 4 is 29.6 Å². The quantitative estimate of drug-likeness (QED) is 0.200. The molecule has 1 aromatic heterocycles. The molecule has 2 bridgehead atoms. The number of rotatable bonds is 7. The second-order valence-corrected chi connectivity index (χ2v) is 10.8. The molecule has 1 saturated heterocycles. The first-order valence-electron chi connectivity index (χ1n) is 14.1. The molecule has 1 aliphatic heterocycles. The Labute approximate surface area is 243 Å². The normalized spacial score (nSPS) is 23.5. The van der Waals surface area contributed by atoms with Crippen molar-refractivity contribution in [2.45, 2.75) is 24.7 Å². The maximum atomic E-state index is 14.5. The third kappa shape index (κ3) is 3.71. The Morgan fingerprint density at radius 3 is 2.21 bits per heavy atom. The molecule has 0 unspecified atom stereocenters. The molecule has 4 aromatic rings. The minimum absolute atomic E-state index is 0.236. The van der Waals surface area contributed by atoms with Crippen molar-refractivity contribution in [3.63, 3.8) is 0 Å². The molecule has 0 saturated carbocycles. The minimum atomic E-state index is -1.07. The van der Waals surface area contributed by atoms with Gasteiger partial charge in [0.2, 0.25) is 11.8 Å². The van der Waals surface area contributed by atoms with Crippen LogP contribution < -0.4 is 15.1 Å². The van der Waals surface area contributed by atoms with Crippen LogP contribution in [0.5, 0.6) is 5.75 Å². The Hall–Kier alpha value is -5.11. The summed E-state index contributed by atoms with van der Waals surface area (Å²) in [5.41, 5.74) is 6.32. The Balaban J connectivity index is 1.35. The fourth-order valence-corrected chi connectivity index (χ4v) is 6.98. The highest BCUT2D eigenvalue weighted by atomic mass is 16.5. The molecular weight excluding hydrogens is 528 g/mol. The van der Waals surface area contributed by atoms with Crippen molar-refractivity contribution in [3.8, 4) is 5.75 Å². The number of carbonyl (C=O) groups excluding carboxylic acids is 3. The van der Waals surface area contributed by atoms with Crippen molar-refractivity contribution in [2.75, 3.05) is 11.5 Å². The lowest BCUT2D eigenvalue weighted by molar-refractivity contribution is -0.122. The van der Waals surface area contributed by atoms with Gasteiger partial charge in [0.05, 0.1) is 29.5 Å². The zero-order valence-electron chi connectivity index (χ0n) is 22.9. The van der Waals surface area contributed by atoms with Crippen LogP contribution in [0.2, 0.25) is 0 Å². The number of hydrogen-bond acceptors (Lipinski definition) is 6. The van der Waals surface area contributed by atoms with Crippen LogP contribution in [0.25, 0.3) is 0 Å². The molecular formula is C34H28N4O4. The van der Waals surface area contributed by atoms with E-state index in [1.807, 2.05) is 55.5 Å². The van der Waals surface area contributed by atoms with E-state index < -0.39 is 23.2 Å². The van der Waals surface area contributed by atoms with Crippen molar-refractivity contribution in [1.82, 2.24) is 10.4 Å². The zero-order valence-corrected chi connectivity index (χ0v) is 22.9. The molecule has 3 aliphatic carbocycles. The monoisotopic (exact) mass is 556 g/mol. The molecule has 2 heterocycles. The van der Waals surface area contributed by atoms with Crippen LogP contribution in [0.15, 0.2) is 102 Å². The van der Waals surface area contributed by atoms with Gasteiger partial charge in [0.25, 0.3) is 5.91 Å². The molecule has 1 fully saturated rings. The van der Waals surface area contributed by atoms with Crippen LogP contribution in [0, 0.1) is 11.8 Å². The van der Waals surface area contributed by atoms with Crippen LogP contribution in [0.3, 0.4) is 0 Å². The number of hydrogen-bond donors (Lipinski definition) is 1. The summed E-state index contributed by atoms with van der Waals surface area (Å²) in [6, 6.07) is 26.2. The second-order valence-electron chi connectivity index (χ2n) is 10.8. The number of aromatic nitrogens is 1. The second kappa shape index (κ2) is 10.1. The molecule has 0 spiro atoms. The van der Waals surface area contributed by atoms with Gasteiger partial charge >= 0.3 is 0 Å². The van der Waals surface area contributed by atoms with Crippen LogP contribution in [0.1, 0.15) is 51.9 Å². The number of ether oxygens (including phenoxy) is 1. The van der Waals surface area contributed by atoms with Crippen molar-refractivity contribution in [1.29, 1.82) is 0 Å². The first-order chi connectivity index (χ1) is 20.6. The number of nitrogens with one attached hydrogen (secondary N) is 1. The average Bonchev–Trinajstić information content (AvgIpc) is 3.31. The lowest BCUT2D eigenvalue weighted by atomic mass is 9.47. The number of benzene rings is 3. The first kappa shape index (κ1) is 25.8. The van der Waals surface area contributed by atoms with E-state index in [0.717, 1.165) is 28.7 Å². The molecule has 1 N–H and O–H groups in total. The number of pyridine rings is 1. The van der Waals surface area contributed by atoms with Gasteiger partial charge in [0.15, 0.2) is 0 Å². The predicted octanol–water partition coefficient (Wildman–Crippen LogP) is 4.84. The summed E-state index contributed by atoms with van der Waals surface area (Å²) in [7, 11) is 0. The third-order valence-corrected chi connectivity index (χ3v) is 8.63. The molecule has 208 valence electrons. The summed E-state index contributed by atoms with van der Waals surface area (Å²) in [5.74, 6) is -1.87. The van der Waals surface area contributed by atoms with E-state index in [1.165, 1.54) is 17.3 Å². The largest absolute Gasteiger partial charge is 0.494 e. The van der Waals surface area contributed by atoms with Crippen LogP contribution >= 0.6 is 0 Å². The van der Waals surface area contributed by atoms with Crippen LogP contribution in [-0.4, -0.2) is 35.5 Å². The highest BCUT2D eigenvalue weighted by Crippen LogP contribution is 2.63. The molecule has 8 nitrogen and oxygen atoms in total. The highest BCUT2D eigenvalue weighted by molar-refractivity contribution is 6.25. The number of imide groups is 1. The van der Waals surface area contributed by atoms with E-state index >= 15 is 0 Å². The van der Waals surface area contributed by atoms with Gasteiger partial charge in [-0.1, -0.05) is 55.5 Å². The smallest absolute Gasteiger partial charge is 0.271 e. The predicted molar refractivity (Wildman–Crippen MR) is 157 cm³/mol. The number of hydrazone groups is 1. The molecule has 4 aliphatic rings. The van der Waals surface area contributed by atoms with Gasteiger partial charge in [-0.05, 0) is 65.1 Å². The van der Waals surface area contributed by atoms with Gasteiger partial charge in [-0.3, -0.25) is 19.4 Å². The molecule has 42 heavy (non-hydrogen) atoms. The van der Waals surface area contributed by atoms with Crippen molar-refractivity contribution in [2.24, 2.45) is 16.9 Å². The lowest BCUT2D eigenvalue weighted by Gasteiger charge is -2.52. The zero-order chi connectivity index (χ0) is 28.8. The summed E-state index contributed by atoms with van der Waals surface area (Å²) in [5, 5.41) is 4.45. The average molecular weight is 557 g/mol. The molecule has 3 aromatic carbocycles. The highest BCUT2D eigenvalue weighted by Gasteiger charge is 2.68. The van der Waals surface area contributed by atoms with E-state index in [9.17, 15) is 14.4 Å². The van der Waals surface area contributed by atoms with E-state index in [1.54, 1.807) is 42.6 Å². The summed E-state index contributed by atoms with van der Waals surface area (Å²) in [6.07, 6.45) is 5.61. The van der Waals surface area contributed by atoms with E-state index in [0.29, 0.717) is 23.6 Å². The molecule has 0 radical (unpaired) electrons. The Kier molecular flexibility index (Phi) is 6.19. The van der Waals surface area contributed by atoms with E-state index in [2.05, 4.69) is 15.5 Å². The fraction of sp³-hybridized carbons (Fsp3) is 0.206. The number of anilines is 1. The summed E-state index contributed by atoms with van der Waals surface area (Å²) < 4.78 is 5.72. The number of amides is 3. The van der Waals surface area contributed by atoms with Gasteiger partial charge in [-0.2, -0.15) is 5.10 Å². The van der Waals surface area contributed by atoms with Gasteiger partial charge in [-0.15, -0.1) is 0 Å². The maximum absolute atomic E-state index is 14.5. The van der Waals surface area contributed by atoms with Crippen molar-refractivity contribution in [3.05, 3.63) is 125 Å². The van der Waals surface area contributed by atoms with Gasteiger partial charge < -0.3 is 4.74 Å². The van der Waals surface area contributed by atoms with Gasteiger partial charge in [0.1, 0.15) is 5.75 Å². The summed E-state index contributed by atoms with van der Waals surface area (Å²) in [4.78, 5) is 46.9. The Morgan fingerprint density at radius 1 is 0.929 bits per heavy atom. The fourth-order valence-electron chi connectivity index (χ4n) is 6.98. The third-order valence-electron chi connectivity index (χ3n) is 8.63.